The van der Waals surface area contributed by atoms with Crippen LogP contribution in [-0.2, 0) is 17.8 Å². The maximum atomic E-state index is 12.2. The third-order valence-electron chi connectivity index (χ3n) is 9.48. The van der Waals surface area contributed by atoms with E-state index < -0.39 is 6.10 Å². The number of aliphatic hydroxyl groups excluding tert-OH is 1. The Morgan fingerprint density at radius 1 is 0.980 bits per heavy atom. The molecule has 1 aliphatic rings. The molecule has 0 bridgehead atoms. The van der Waals surface area contributed by atoms with Crippen LogP contribution in [0.5, 0.6) is 29.0 Å². The molecular weight excluding hydrogens is 656 g/mol. The number of imidazole rings is 1. The molecule has 1 N–H and O–H groups in total. The van der Waals surface area contributed by atoms with Gasteiger partial charge in [-0.05, 0) is 55.9 Å². The molecule has 1 fully saturated rings. The van der Waals surface area contributed by atoms with E-state index in [9.17, 15) is 9.90 Å². The van der Waals surface area contributed by atoms with Crippen molar-refractivity contribution in [3.8, 4) is 29.0 Å². The van der Waals surface area contributed by atoms with Crippen LogP contribution in [0.3, 0.4) is 0 Å². The highest BCUT2D eigenvalue weighted by atomic mass is 16.5. The Morgan fingerprint density at radius 3 is 2.14 bits per heavy atom. The molecule has 14 heteroatoms. The third kappa shape index (κ3) is 8.33. The lowest BCUT2D eigenvalue weighted by Gasteiger charge is -2.38. The molecule has 2 aromatic carbocycles. The van der Waals surface area contributed by atoms with Crippen molar-refractivity contribution in [3.63, 3.8) is 0 Å². The van der Waals surface area contributed by atoms with E-state index in [-0.39, 0.29) is 30.0 Å². The van der Waals surface area contributed by atoms with Gasteiger partial charge in [0.2, 0.25) is 0 Å². The Labute approximate surface area is 299 Å². The summed E-state index contributed by atoms with van der Waals surface area (Å²) in [4.78, 5) is 25.7. The number of nitrogens with zero attached hydrogens (tertiary/aromatic N) is 6. The highest BCUT2D eigenvalue weighted by Crippen LogP contribution is 2.37. The number of hydrogen-bond donors (Lipinski definition) is 1. The molecule has 276 valence electrons. The van der Waals surface area contributed by atoms with Gasteiger partial charge in [0.1, 0.15) is 29.1 Å². The summed E-state index contributed by atoms with van der Waals surface area (Å²) in [6.45, 7) is 7.76. The minimum Gasteiger partial charge on any atom is -0.497 e. The van der Waals surface area contributed by atoms with Gasteiger partial charge in [0, 0.05) is 49.4 Å². The fraction of sp³-hybridized carbons (Fsp3) is 0.514. The number of likely N-dealkylation sites (tertiary alicyclic amines) is 1. The van der Waals surface area contributed by atoms with Crippen LogP contribution >= 0.6 is 0 Å². The number of fused-ring (bicyclic) bond motifs is 1. The number of amides is 1. The minimum absolute atomic E-state index is 0.0124. The first kappa shape index (κ1) is 37.3. The molecule has 3 heterocycles. The fourth-order valence-electron chi connectivity index (χ4n) is 6.70. The number of carbonyl (C=O) groups excluding carboxylic acids is 1. The zero-order valence-corrected chi connectivity index (χ0v) is 30.8. The van der Waals surface area contributed by atoms with Gasteiger partial charge in [-0.25, -0.2) is 14.3 Å². The second-order valence-electron chi connectivity index (χ2n) is 12.9. The molecule has 4 aromatic rings. The largest absolute Gasteiger partial charge is 0.497 e. The topological polar surface area (TPSA) is 142 Å². The molecule has 14 nitrogen and oxygen atoms in total. The van der Waals surface area contributed by atoms with Gasteiger partial charge in [0.15, 0.2) is 11.5 Å². The number of rotatable bonds is 15. The van der Waals surface area contributed by atoms with E-state index >= 15 is 0 Å². The standard InChI is InChI=1S/C37H50N6O8/c1-9-10-24(3)51-36-39-35(34-38-19-30(43(34)40-36)33(44)29-15-16-41(20-23(29)2)37(45)50-8)42(21-25-11-13-27(46-4)17-31(25)48-6)22-26-12-14-28(47-5)18-32(26)49-7/h11-14,17-19,23-24,29,33,44H,9-10,15-16,20-22H2,1-8H3/t23?,24-,29?,33?/m0/s1. The van der Waals surface area contributed by atoms with Gasteiger partial charge in [-0.3, -0.25) is 0 Å². The number of aromatic nitrogens is 4. The molecule has 51 heavy (non-hydrogen) atoms. The van der Waals surface area contributed by atoms with Crippen LogP contribution in [0.15, 0.2) is 42.6 Å². The van der Waals surface area contributed by atoms with Gasteiger partial charge in [-0.15, -0.1) is 5.10 Å². The molecular formula is C37H50N6O8. The van der Waals surface area contributed by atoms with Crippen LogP contribution < -0.4 is 28.6 Å². The van der Waals surface area contributed by atoms with Crippen LogP contribution in [0.4, 0.5) is 10.6 Å². The van der Waals surface area contributed by atoms with Gasteiger partial charge in [0.05, 0.1) is 53.5 Å². The summed E-state index contributed by atoms with van der Waals surface area (Å²) in [6.07, 6.45) is 2.52. The average Bonchev–Trinajstić information content (AvgIpc) is 3.57. The van der Waals surface area contributed by atoms with E-state index in [1.54, 1.807) is 44.1 Å². The molecule has 1 saturated heterocycles. The monoisotopic (exact) mass is 706 g/mol. The summed E-state index contributed by atoms with van der Waals surface area (Å²) in [6, 6.07) is 11.5. The lowest BCUT2D eigenvalue weighted by atomic mass is 9.82. The Bertz CT molecular complexity index is 1730. The summed E-state index contributed by atoms with van der Waals surface area (Å²) in [5.41, 5.74) is 2.71. The van der Waals surface area contributed by atoms with Crippen molar-refractivity contribution < 1.29 is 38.3 Å². The second kappa shape index (κ2) is 16.8. The van der Waals surface area contributed by atoms with Crippen LogP contribution in [0, 0.1) is 11.8 Å². The highest BCUT2D eigenvalue weighted by Gasteiger charge is 2.36. The van der Waals surface area contributed by atoms with Gasteiger partial charge < -0.3 is 43.3 Å². The molecule has 0 radical (unpaired) electrons. The Balaban J connectivity index is 1.63. The van der Waals surface area contributed by atoms with Crippen molar-refractivity contribution in [1.29, 1.82) is 0 Å². The summed E-state index contributed by atoms with van der Waals surface area (Å²) >= 11 is 0. The van der Waals surface area contributed by atoms with Crippen molar-refractivity contribution >= 4 is 17.6 Å². The number of benzene rings is 2. The van der Waals surface area contributed by atoms with E-state index in [1.165, 1.54) is 7.11 Å². The minimum atomic E-state index is -0.921. The Kier molecular flexibility index (Phi) is 12.3. The first-order valence-corrected chi connectivity index (χ1v) is 17.2. The lowest BCUT2D eigenvalue weighted by Crippen LogP contribution is -2.44. The van der Waals surface area contributed by atoms with Gasteiger partial charge in [-0.2, -0.15) is 4.98 Å². The van der Waals surface area contributed by atoms with E-state index in [1.807, 2.05) is 50.2 Å². The molecule has 3 unspecified atom stereocenters. The quantitative estimate of drug-likeness (QED) is 0.162. The summed E-state index contributed by atoms with van der Waals surface area (Å²) in [7, 11) is 7.85. The summed E-state index contributed by atoms with van der Waals surface area (Å²) < 4.78 is 35.4. The van der Waals surface area contributed by atoms with Crippen LogP contribution in [0.1, 0.15) is 63.0 Å². The number of aliphatic hydroxyl groups is 1. The Hall–Kier alpha value is -4.98. The molecule has 4 atom stereocenters. The number of hydrogen-bond acceptors (Lipinski definition) is 12. The molecule has 1 amide bonds. The molecule has 2 aromatic heterocycles. The number of ether oxygens (including phenoxy) is 6. The van der Waals surface area contributed by atoms with Crippen molar-refractivity contribution in [2.45, 2.75) is 65.3 Å². The Morgan fingerprint density at radius 2 is 1.61 bits per heavy atom. The van der Waals surface area contributed by atoms with E-state index in [4.69, 9.17) is 43.5 Å². The zero-order chi connectivity index (χ0) is 36.7. The van der Waals surface area contributed by atoms with Crippen molar-refractivity contribution in [1.82, 2.24) is 24.5 Å². The zero-order valence-electron chi connectivity index (χ0n) is 30.8. The molecule has 1 aliphatic heterocycles. The molecule has 5 rings (SSSR count). The van der Waals surface area contributed by atoms with Crippen LogP contribution in [0.2, 0.25) is 0 Å². The molecule has 0 spiro atoms. The van der Waals surface area contributed by atoms with E-state index in [2.05, 4.69) is 11.8 Å². The maximum absolute atomic E-state index is 12.2. The SMILES string of the molecule is CCC[C@H](C)Oc1nc(N(Cc2ccc(OC)cc2OC)Cc2ccc(OC)cc2OC)c2ncc(C(O)C3CCN(C(=O)OC)CC3C)n2n1. The average molecular weight is 707 g/mol. The number of carbonyl (C=O) groups is 1. The first-order valence-electron chi connectivity index (χ1n) is 17.2. The third-order valence-corrected chi connectivity index (χ3v) is 9.48. The smallest absolute Gasteiger partial charge is 0.409 e. The van der Waals surface area contributed by atoms with E-state index in [0.29, 0.717) is 72.8 Å². The predicted molar refractivity (Wildman–Crippen MR) is 191 cm³/mol. The fourth-order valence-corrected chi connectivity index (χ4v) is 6.70. The van der Waals surface area contributed by atoms with Crippen LogP contribution in [-0.4, -0.2) is 90.4 Å². The molecule has 0 aliphatic carbocycles. The summed E-state index contributed by atoms with van der Waals surface area (Å²) in [5, 5.41) is 16.7. The van der Waals surface area contributed by atoms with Gasteiger partial charge >= 0.3 is 12.1 Å². The van der Waals surface area contributed by atoms with Gasteiger partial charge in [-0.1, -0.05) is 20.3 Å². The number of piperidine rings is 1. The first-order chi connectivity index (χ1) is 24.6. The van der Waals surface area contributed by atoms with Crippen molar-refractivity contribution in [3.05, 3.63) is 59.4 Å². The number of methoxy groups -OCH3 is 5. The second-order valence-corrected chi connectivity index (χ2v) is 12.9. The van der Waals surface area contributed by atoms with Gasteiger partial charge in [0.25, 0.3) is 0 Å². The van der Waals surface area contributed by atoms with E-state index in [0.717, 1.165) is 24.0 Å². The van der Waals surface area contributed by atoms with Crippen molar-refractivity contribution in [2.24, 2.45) is 11.8 Å². The van der Waals surface area contributed by atoms with Crippen LogP contribution in [0.25, 0.3) is 5.65 Å². The molecule has 0 saturated carbocycles. The van der Waals surface area contributed by atoms with Crippen molar-refractivity contribution in [2.75, 3.05) is 53.5 Å². The lowest BCUT2D eigenvalue weighted by molar-refractivity contribution is 0.0184. The normalized spacial score (nSPS) is 17.1. The summed E-state index contributed by atoms with van der Waals surface area (Å²) in [5.74, 6) is 2.95. The maximum Gasteiger partial charge on any atom is 0.409 e. The predicted octanol–water partition coefficient (Wildman–Crippen LogP) is 5.69. The number of anilines is 1. The highest BCUT2D eigenvalue weighted by molar-refractivity contribution is 5.67.